The maximum atomic E-state index is 13.8. The van der Waals surface area contributed by atoms with Gasteiger partial charge in [0.25, 0.3) is 0 Å². The van der Waals surface area contributed by atoms with E-state index in [0.29, 0.717) is 0 Å². The second kappa shape index (κ2) is 5.81. The van der Waals surface area contributed by atoms with Gasteiger partial charge in [-0.3, -0.25) is 0 Å². The van der Waals surface area contributed by atoms with Gasteiger partial charge in [0.15, 0.2) is 17.5 Å². The van der Waals surface area contributed by atoms with Crippen molar-refractivity contribution in [2.24, 2.45) is 0 Å². The summed E-state index contributed by atoms with van der Waals surface area (Å²) in [6, 6.07) is 5.04. The topological polar surface area (TPSA) is 12.0 Å². The molecule has 20 heavy (non-hydrogen) atoms. The van der Waals surface area contributed by atoms with Crippen LogP contribution in [0.25, 0.3) is 0 Å². The van der Waals surface area contributed by atoms with Gasteiger partial charge in [-0.25, -0.2) is 17.6 Å². The van der Waals surface area contributed by atoms with E-state index in [1.807, 2.05) is 0 Å². The van der Waals surface area contributed by atoms with Gasteiger partial charge in [0.2, 0.25) is 0 Å². The molecule has 2 aromatic carbocycles. The molecule has 0 amide bonds. The highest BCUT2D eigenvalue weighted by Gasteiger charge is 2.23. The molecule has 0 saturated heterocycles. The van der Waals surface area contributed by atoms with Crippen molar-refractivity contribution >= 4 is 11.6 Å². The average Bonchev–Trinajstić information content (AvgIpc) is 2.44. The van der Waals surface area contributed by atoms with Gasteiger partial charge in [0.1, 0.15) is 5.82 Å². The second-order valence-corrected chi connectivity index (χ2v) is 4.51. The monoisotopic (exact) mass is 303 g/mol. The van der Waals surface area contributed by atoms with E-state index in [0.717, 1.165) is 18.2 Å². The SMILES string of the molecule is CNC(c1ccc(F)c(F)c1F)c1cccc(F)c1Cl. The Kier molecular flexibility index (Phi) is 4.30. The first-order chi connectivity index (χ1) is 9.47. The molecule has 2 aromatic rings. The van der Waals surface area contributed by atoms with Gasteiger partial charge in [0, 0.05) is 5.56 Å². The lowest BCUT2D eigenvalue weighted by molar-refractivity contribution is 0.435. The summed E-state index contributed by atoms with van der Waals surface area (Å²) < 4.78 is 53.5. The predicted octanol–water partition coefficient (Wildman–Crippen LogP) is 4.21. The van der Waals surface area contributed by atoms with Crippen molar-refractivity contribution in [1.82, 2.24) is 5.32 Å². The third kappa shape index (κ3) is 2.51. The zero-order chi connectivity index (χ0) is 14.9. The molecule has 0 radical (unpaired) electrons. The maximum absolute atomic E-state index is 13.8. The fraction of sp³-hybridized carbons (Fsp3) is 0.143. The minimum Gasteiger partial charge on any atom is -0.309 e. The van der Waals surface area contributed by atoms with E-state index < -0.39 is 29.3 Å². The smallest absolute Gasteiger partial charge is 0.194 e. The number of benzene rings is 2. The lowest BCUT2D eigenvalue weighted by Crippen LogP contribution is -2.20. The Labute approximate surface area is 118 Å². The molecule has 0 saturated carbocycles. The molecule has 1 unspecified atom stereocenters. The Morgan fingerprint density at radius 1 is 0.900 bits per heavy atom. The average molecular weight is 304 g/mol. The summed E-state index contributed by atoms with van der Waals surface area (Å²) in [6.45, 7) is 0. The number of hydrogen-bond acceptors (Lipinski definition) is 1. The molecule has 1 atom stereocenters. The fourth-order valence-corrected chi connectivity index (χ4v) is 2.22. The molecule has 0 bridgehead atoms. The van der Waals surface area contributed by atoms with Crippen LogP contribution in [-0.4, -0.2) is 7.05 Å². The van der Waals surface area contributed by atoms with Crippen LogP contribution in [0.1, 0.15) is 17.2 Å². The summed E-state index contributed by atoms with van der Waals surface area (Å²) in [5, 5.41) is 2.51. The van der Waals surface area contributed by atoms with Crippen LogP contribution in [0.2, 0.25) is 5.02 Å². The molecule has 0 spiro atoms. The van der Waals surface area contributed by atoms with Crippen LogP contribution in [0.5, 0.6) is 0 Å². The van der Waals surface area contributed by atoms with E-state index in [9.17, 15) is 17.6 Å². The molecular weight excluding hydrogens is 294 g/mol. The van der Waals surface area contributed by atoms with Gasteiger partial charge >= 0.3 is 0 Å². The van der Waals surface area contributed by atoms with E-state index in [1.54, 1.807) is 0 Å². The summed E-state index contributed by atoms with van der Waals surface area (Å²) >= 11 is 5.83. The van der Waals surface area contributed by atoms with Gasteiger partial charge in [-0.05, 0) is 24.7 Å². The molecule has 0 fully saturated rings. The highest BCUT2D eigenvalue weighted by Crippen LogP contribution is 2.32. The van der Waals surface area contributed by atoms with Crippen LogP contribution in [-0.2, 0) is 0 Å². The zero-order valence-electron chi connectivity index (χ0n) is 10.4. The van der Waals surface area contributed by atoms with Crippen molar-refractivity contribution in [3.8, 4) is 0 Å². The summed E-state index contributed by atoms with van der Waals surface area (Å²) in [5.41, 5.74) is 0.0815. The van der Waals surface area contributed by atoms with E-state index in [-0.39, 0.29) is 16.1 Å². The molecule has 0 aliphatic carbocycles. The van der Waals surface area contributed by atoms with Crippen LogP contribution in [0.15, 0.2) is 30.3 Å². The van der Waals surface area contributed by atoms with Crippen LogP contribution in [0.3, 0.4) is 0 Å². The first-order valence-corrected chi connectivity index (χ1v) is 6.09. The highest BCUT2D eigenvalue weighted by molar-refractivity contribution is 6.31. The number of rotatable bonds is 3. The lowest BCUT2D eigenvalue weighted by atomic mass is 9.98. The standard InChI is InChI=1S/C14H10ClF4N/c1-20-14(7-3-2-4-9(16)11(7)15)8-5-6-10(17)13(19)12(8)18/h2-6,14,20H,1H3. The molecule has 106 valence electrons. The van der Waals surface area contributed by atoms with E-state index in [1.165, 1.54) is 19.2 Å². The highest BCUT2D eigenvalue weighted by atomic mass is 35.5. The van der Waals surface area contributed by atoms with Crippen LogP contribution < -0.4 is 5.32 Å². The van der Waals surface area contributed by atoms with Crippen molar-refractivity contribution < 1.29 is 17.6 Å². The summed E-state index contributed by atoms with van der Waals surface area (Å²) in [5.74, 6) is -4.86. The Bertz CT molecular complexity index is 645. The Hall–Kier alpha value is -1.59. The van der Waals surface area contributed by atoms with E-state index in [4.69, 9.17) is 11.6 Å². The molecule has 1 nitrogen and oxygen atoms in total. The summed E-state index contributed by atoms with van der Waals surface area (Å²) in [7, 11) is 1.48. The lowest BCUT2D eigenvalue weighted by Gasteiger charge is -2.19. The van der Waals surface area contributed by atoms with Gasteiger partial charge in [0.05, 0.1) is 11.1 Å². The fourth-order valence-electron chi connectivity index (χ4n) is 1.99. The number of nitrogens with one attached hydrogen (secondary N) is 1. The number of hydrogen-bond donors (Lipinski definition) is 1. The van der Waals surface area contributed by atoms with Crippen molar-refractivity contribution in [2.45, 2.75) is 6.04 Å². The Morgan fingerprint density at radius 3 is 2.25 bits per heavy atom. The zero-order valence-corrected chi connectivity index (χ0v) is 11.1. The molecule has 0 heterocycles. The normalized spacial score (nSPS) is 12.5. The molecule has 0 aliphatic rings. The molecule has 2 rings (SSSR count). The van der Waals surface area contributed by atoms with Crippen molar-refractivity contribution in [3.05, 3.63) is 69.8 Å². The Balaban J connectivity index is 2.59. The van der Waals surface area contributed by atoms with Gasteiger partial charge < -0.3 is 5.32 Å². The second-order valence-electron chi connectivity index (χ2n) is 4.13. The minimum atomic E-state index is -1.57. The van der Waals surface area contributed by atoms with Crippen molar-refractivity contribution in [1.29, 1.82) is 0 Å². The largest absolute Gasteiger partial charge is 0.309 e. The third-order valence-electron chi connectivity index (χ3n) is 2.96. The summed E-state index contributed by atoms with van der Waals surface area (Å²) in [6.07, 6.45) is 0. The summed E-state index contributed by atoms with van der Waals surface area (Å²) in [4.78, 5) is 0. The Morgan fingerprint density at radius 2 is 1.60 bits per heavy atom. The predicted molar refractivity (Wildman–Crippen MR) is 68.6 cm³/mol. The molecule has 0 aromatic heterocycles. The van der Waals surface area contributed by atoms with Gasteiger partial charge in [-0.1, -0.05) is 29.8 Å². The number of halogens is 5. The third-order valence-corrected chi connectivity index (χ3v) is 3.36. The minimum absolute atomic E-state index is 0.154. The van der Waals surface area contributed by atoms with E-state index in [2.05, 4.69) is 5.32 Å². The van der Waals surface area contributed by atoms with Crippen LogP contribution in [0.4, 0.5) is 17.6 Å². The van der Waals surface area contributed by atoms with Crippen LogP contribution in [0, 0.1) is 23.3 Å². The maximum Gasteiger partial charge on any atom is 0.194 e. The van der Waals surface area contributed by atoms with Gasteiger partial charge in [-0.2, -0.15) is 0 Å². The molecule has 1 N–H and O–H groups in total. The molecule has 0 aliphatic heterocycles. The molecular formula is C14H10ClF4N. The van der Waals surface area contributed by atoms with Gasteiger partial charge in [-0.15, -0.1) is 0 Å². The van der Waals surface area contributed by atoms with Crippen molar-refractivity contribution in [2.75, 3.05) is 7.05 Å². The van der Waals surface area contributed by atoms with E-state index >= 15 is 0 Å². The van der Waals surface area contributed by atoms with Crippen molar-refractivity contribution in [3.63, 3.8) is 0 Å². The van der Waals surface area contributed by atoms with Crippen LogP contribution >= 0.6 is 11.6 Å². The molecule has 6 heteroatoms. The first-order valence-electron chi connectivity index (χ1n) is 5.72. The quantitative estimate of drug-likeness (QED) is 0.662. The first kappa shape index (κ1) is 14.8.